The summed E-state index contributed by atoms with van der Waals surface area (Å²) in [5.41, 5.74) is 3.07. The number of hydrogen-bond donors (Lipinski definition) is 1. The van der Waals surface area contributed by atoms with Gasteiger partial charge in [-0.25, -0.2) is 14.6 Å². The Labute approximate surface area is 164 Å². The monoisotopic (exact) mass is 379 g/mol. The maximum atomic E-state index is 5.59. The first kappa shape index (κ1) is 18.4. The number of hydrogen-bond acceptors (Lipinski definition) is 7. The molecule has 0 aliphatic carbocycles. The molecule has 0 saturated carbocycles. The lowest BCUT2D eigenvalue weighted by Gasteiger charge is -2.32. The summed E-state index contributed by atoms with van der Waals surface area (Å²) in [6.45, 7) is 9.19. The number of aromatic nitrogens is 5. The van der Waals surface area contributed by atoms with Gasteiger partial charge in [0.1, 0.15) is 11.6 Å². The number of nitrogens with zero attached hydrogens (tertiary/aromatic N) is 6. The first-order valence-electron chi connectivity index (χ1n) is 9.49. The maximum Gasteiger partial charge on any atom is 0.174 e. The lowest BCUT2D eigenvalue weighted by Crippen LogP contribution is -2.41. The summed E-state index contributed by atoms with van der Waals surface area (Å²) in [7, 11) is 0. The molecule has 0 radical (unpaired) electrons. The molecule has 1 aliphatic heterocycles. The fraction of sp³-hybridized carbons (Fsp3) is 0.400. The Morgan fingerprint density at radius 2 is 2.07 bits per heavy atom. The fourth-order valence-electron chi connectivity index (χ4n) is 3.33. The van der Waals surface area contributed by atoms with E-state index in [-0.39, 0.29) is 6.10 Å². The van der Waals surface area contributed by atoms with Gasteiger partial charge in [-0.3, -0.25) is 4.98 Å². The second-order valence-electron chi connectivity index (χ2n) is 7.11. The minimum Gasteiger partial charge on any atom is -0.375 e. The van der Waals surface area contributed by atoms with E-state index in [4.69, 9.17) is 4.74 Å². The average Bonchev–Trinajstić information content (AvgIpc) is 3.05. The van der Waals surface area contributed by atoms with Crippen LogP contribution in [0.2, 0.25) is 0 Å². The van der Waals surface area contributed by atoms with Gasteiger partial charge in [-0.15, -0.1) is 0 Å². The van der Waals surface area contributed by atoms with Crippen LogP contribution in [0.25, 0.3) is 5.82 Å². The van der Waals surface area contributed by atoms with Crippen molar-refractivity contribution in [2.45, 2.75) is 33.4 Å². The minimum atomic E-state index is 0.241. The van der Waals surface area contributed by atoms with Gasteiger partial charge in [-0.05, 0) is 38.5 Å². The highest BCUT2D eigenvalue weighted by molar-refractivity contribution is 5.41. The third-order valence-corrected chi connectivity index (χ3v) is 4.70. The molecule has 1 N–H and O–H groups in total. The lowest BCUT2D eigenvalue weighted by molar-refractivity contribution is 0.0529. The number of pyridine rings is 1. The van der Waals surface area contributed by atoms with E-state index in [0.29, 0.717) is 18.2 Å². The molecule has 1 unspecified atom stereocenters. The van der Waals surface area contributed by atoms with Gasteiger partial charge in [0, 0.05) is 31.5 Å². The summed E-state index contributed by atoms with van der Waals surface area (Å²) < 4.78 is 7.39. The molecule has 1 aliphatic rings. The summed E-state index contributed by atoms with van der Waals surface area (Å²) in [6, 6.07) is 6.17. The largest absolute Gasteiger partial charge is 0.375 e. The van der Waals surface area contributed by atoms with Crippen LogP contribution >= 0.6 is 0 Å². The van der Waals surface area contributed by atoms with Crippen LogP contribution in [0.3, 0.4) is 0 Å². The van der Waals surface area contributed by atoms with Gasteiger partial charge in [-0.2, -0.15) is 5.10 Å². The quantitative estimate of drug-likeness (QED) is 0.729. The third-order valence-electron chi connectivity index (χ3n) is 4.70. The molecule has 8 nitrogen and oxygen atoms in total. The van der Waals surface area contributed by atoms with Crippen molar-refractivity contribution in [3.63, 3.8) is 0 Å². The molecular formula is C20H25N7O. The second-order valence-corrected chi connectivity index (χ2v) is 7.11. The van der Waals surface area contributed by atoms with Gasteiger partial charge < -0.3 is 15.0 Å². The number of rotatable bonds is 5. The van der Waals surface area contributed by atoms with Crippen molar-refractivity contribution in [3.8, 4) is 5.82 Å². The molecule has 1 fully saturated rings. The standard InChI is InChI=1S/C20H25N7O/c1-14-8-15(2)27(25-14)20-12-21-11-18(24-20)22-9-17-4-5-19(23-10-17)26-6-7-28-16(3)13-26/h4-5,8,10-12,16H,6-7,9,13H2,1-3H3,(H,22,24). The normalized spacial score (nSPS) is 17.0. The highest BCUT2D eigenvalue weighted by atomic mass is 16.5. The Hall–Kier alpha value is -3.00. The van der Waals surface area contributed by atoms with Gasteiger partial charge in [-0.1, -0.05) is 6.07 Å². The van der Waals surface area contributed by atoms with E-state index in [9.17, 15) is 0 Å². The van der Waals surface area contributed by atoms with E-state index in [0.717, 1.165) is 42.5 Å². The molecule has 8 heteroatoms. The number of ether oxygens (including phenoxy) is 1. The van der Waals surface area contributed by atoms with Crippen molar-refractivity contribution in [2.24, 2.45) is 0 Å². The first-order chi connectivity index (χ1) is 13.6. The van der Waals surface area contributed by atoms with Crippen LogP contribution in [-0.2, 0) is 11.3 Å². The highest BCUT2D eigenvalue weighted by Gasteiger charge is 2.17. The van der Waals surface area contributed by atoms with E-state index >= 15 is 0 Å². The lowest BCUT2D eigenvalue weighted by atomic mass is 10.2. The number of nitrogens with one attached hydrogen (secondary N) is 1. The molecule has 0 spiro atoms. The van der Waals surface area contributed by atoms with Crippen molar-refractivity contribution in [1.82, 2.24) is 24.7 Å². The summed E-state index contributed by atoms with van der Waals surface area (Å²) in [5.74, 6) is 2.40. The number of morpholine rings is 1. The van der Waals surface area contributed by atoms with Crippen molar-refractivity contribution >= 4 is 11.6 Å². The van der Waals surface area contributed by atoms with Crippen LogP contribution < -0.4 is 10.2 Å². The van der Waals surface area contributed by atoms with Gasteiger partial charge in [0.2, 0.25) is 0 Å². The topological polar surface area (TPSA) is 81.0 Å². The molecule has 146 valence electrons. The van der Waals surface area contributed by atoms with Crippen LogP contribution in [0, 0.1) is 13.8 Å². The predicted octanol–water partition coefficient (Wildman–Crippen LogP) is 2.51. The molecule has 1 atom stereocenters. The predicted molar refractivity (Wildman–Crippen MR) is 108 cm³/mol. The Kier molecular flexibility index (Phi) is 5.21. The Bertz CT molecular complexity index is 938. The summed E-state index contributed by atoms with van der Waals surface area (Å²) in [6.07, 6.45) is 5.57. The average molecular weight is 379 g/mol. The van der Waals surface area contributed by atoms with E-state index in [1.54, 1.807) is 17.1 Å². The van der Waals surface area contributed by atoms with Crippen molar-refractivity contribution in [2.75, 3.05) is 29.9 Å². The summed E-state index contributed by atoms with van der Waals surface area (Å²) in [4.78, 5) is 15.8. The summed E-state index contributed by atoms with van der Waals surface area (Å²) >= 11 is 0. The van der Waals surface area contributed by atoms with E-state index in [1.807, 2.05) is 26.1 Å². The Morgan fingerprint density at radius 3 is 2.79 bits per heavy atom. The van der Waals surface area contributed by atoms with Crippen LogP contribution in [0.1, 0.15) is 23.9 Å². The first-order valence-corrected chi connectivity index (χ1v) is 9.49. The van der Waals surface area contributed by atoms with Crippen molar-refractivity contribution < 1.29 is 4.74 Å². The van der Waals surface area contributed by atoms with Crippen LogP contribution in [0.4, 0.5) is 11.6 Å². The number of anilines is 2. The second kappa shape index (κ2) is 7.93. The fourth-order valence-corrected chi connectivity index (χ4v) is 3.33. The van der Waals surface area contributed by atoms with E-state index < -0.39 is 0 Å². The zero-order valence-electron chi connectivity index (χ0n) is 16.5. The highest BCUT2D eigenvalue weighted by Crippen LogP contribution is 2.16. The molecule has 0 bridgehead atoms. The van der Waals surface area contributed by atoms with Crippen LogP contribution in [0.5, 0.6) is 0 Å². The zero-order valence-corrected chi connectivity index (χ0v) is 16.5. The number of aryl methyl sites for hydroxylation is 2. The van der Waals surface area contributed by atoms with Gasteiger partial charge in [0.15, 0.2) is 5.82 Å². The van der Waals surface area contributed by atoms with Crippen LogP contribution in [-0.4, -0.2) is 50.5 Å². The minimum absolute atomic E-state index is 0.241. The molecule has 1 saturated heterocycles. The van der Waals surface area contributed by atoms with Crippen molar-refractivity contribution in [3.05, 3.63) is 53.7 Å². The van der Waals surface area contributed by atoms with Gasteiger partial charge in [0.25, 0.3) is 0 Å². The molecule has 3 aromatic rings. The van der Waals surface area contributed by atoms with Gasteiger partial charge >= 0.3 is 0 Å². The van der Waals surface area contributed by atoms with E-state index in [1.165, 1.54) is 0 Å². The molecule has 4 heterocycles. The third kappa shape index (κ3) is 4.12. The van der Waals surface area contributed by atoms with E-state index in [2.05, 4.69) is 49.3 Å². The maximum absolute atomic E-state index is 5.59. The van der Waals surface area contributed by atoms with Crippen LogP contribution in [0.15, 0.2) is 36.8 Å². The van der Waals surface area contributed by atoms with Crippen molar-refractivity contribution in [1.29, 1.82) is 0 Å². The Morgan fingerprint density at radius 1 is 1.18 bits per heavy atom. The molecule has 0 aromatic carbocycles. The zero-order chi connectivity index (χ0) is 19.5. The molecule has 28 heavy (non-hydrogen) atoms. The molecular weight excluding hydrogens is 354 g/mol. The summed E-state index contributed by atoms with van der Waals surface area (Å²) in [5, 5.41) is 7.78. The SMILES string of the molecule is Cc1cc(C)n(-c2cncc(NCc3ccc(N4CCOC(C)C4)nc3)n2)n1. The Balaban J connectivity index is 1.40. The molecule has 0 amide bonds. The van der Waals surface area contributed by atoms with Gasteiger partial charge in [0.05, 0.1) is 30.8 Å². The molecule has 3 aromatic heterocycles. The molecule has 4 rings (SSSR count). The smallest absolute Gasteiger partial charge is 0.174 e.